The van der Waals surface area contributed by atoms with Crippen LogP contribution in [0.15, 0.2) is 42.9 Å². The molecule has 3 rings (SSSR count). The largest absolute Gasteiger partial charge is 0.382 e. The molecule has 2 heterocycles. The molecule has 1 aromatic carbocycles. The Hall–Kier alpha value is -2.56. The van der Waals surface area contributed by atoms with Gasteiger partial charge in [-0.3, -0.25) is 9.97 Å². The molecule has 2 N–H and O–H groups in total. The second-order valence-electron chi connectivity index (χ2n) is 3.86. The number of anilines is 1. The number of aromatic nitrogens is 3. The number of hydrogen-bond acceptors (Lipinski definition) is 4. The van der Waals surface area contributed by atoms with E-state index in [0.29, 0.717) is 22.6 Å². The van der Waals surface area contributed by atoms with Crippen molar-refractivity contribution in [3.8, 4) is 11.3 Å². The third-order valence-corrected chi connectivity index (χ3v) is 2.61. The average molecular weight is 240 g/mol. The van der Waals surface area contributed by atoms with Gasteiger partial charge < -0.3 is 5.73 Å². The molecule has 0 aliphatic carbocycles. The van der Waals surface area contributed by atoms with Crippen LogP contribution in [-0.2, 0) is 0 Å². The van der Waals surface area contributed by atoms with Gasteiger partial charge in [0.2, 0.25) is 0 Å². The van der Waals surface area contributed by atoms with Crippen LogP contribution in [0.25, 0.3) is 22.2 Å². The summed E-state index contributed by atoms with van der Waals surface area (Å²) in [5.74, 6) is -0.0773. The van der Waals surface area contributed by atoms with E-state index < -0.39 is 0 Å². The number of nitrogens with zero attached hydrogens (tertiary/aromatic N) is 3. The first kappa shape index (κ1) is 10.6. The number of fused-ring (bicyclic) bond motifs is 1. The van der Waals surface area contributed by atoms with E-state index in [1.165, 1.54) is 12.3 Å². The molecule has 0 atom stereocenters. The Balaban J connectivity index is 2.24. The first-order chi connectivity index (χ1) is 8.74. The van der Waals surface area contributed by atoms with Gasteiger partial charge in [-0.1, -0.05) is 6.07 Å². The zero-order valence-electron chi connectivity index (χ0n) is 9.34. The first-order valence-electron chi connectivity index (χ1n) is 5.36. The van der Waals surface area contributed by atoms with Gasteiger partial charge in [-0.05, 0) is 18.2 Å². The monoisotopic (exact) mass is 240 g/mol. The van der Waals surface area contributed by atoms with Gasteiger partial charge in [0.05, 0.1) is 18.1 Å². The zero-order valence-corrected chi connectivity index (χ0v) is 9.34. The highest BCUT2D eigenvalue weighted by Crippen LogP contribution is 2.24. The van der Waals surface area contributed by atoms with Crippen LogP contribution in [0.5, 0.6) is 0 Å². The fraction of sp³-hybridized carbons (Fsp3) is 0. The molecule has 0 saturated carbocycles. The lowest BCUT2D eigenvalue weighted by atomic mass is 10.1. The Morgan fingerprint density at radius 2 is 2.06 bits per heavy atom. The van der Waals surface area contributed by atoms with Crippen molar-refractivity contribution in [2.45, 2.75) is 0 Å². The fourth-order valence-electron chi connectivity index (χ4n) is 1.82. The molecule has 0 aliphatic heterocycles. The topological polar surface area (TPSA) is 64.7 Å². The third-order valence-electron chi connectivity index (χ3n) is 2.61. The van der Waals surface area contributed by atoms with Crippen LogP contribution in [0, 0.1) is 5.82 Å². The summed E-state index contributed by atoms with van der Waals surface area (Å²) in [5, 5.41) is 0.719. The van der Waals surface area contributed by atoms with Crippen molar-refractivity contribution >= 4 is 16.7 Å². The maximum absolute atomic E-state index is 13.9. The molecular weight excluding hydrogens is 231 g/mol. The van der Waals surface area contributed by atoms with Crippen molar-refractivity contribution in [2.75, 3.05) is 5.73 Å². The molecule has 3 aromatic rings. The molecule has 5 heteroatoms. The van der Waals surface area contributed by atoms with E-state index in [-0.39, 0.29) is 5.82 Å². The summed E-state index contributed by atoms with van der Waals surface area (Å²) in [7, 11) is 0. The van der Waals surface area contributed by atoms with Crippen molar-refractivity contribution in [1.82, 2.24) is 15.0 Å². The number of halogens is 1. The standard InChI is InChI=1S/C13H9FN4/c14-10-5-9(11-6-16-7-12(15)18-11)4-8-2-1-3-17-13(8)10/h1-7H,(H2,15,18). The predicted molar refractivity (Wildman–Crippen MR) is 67.1 cm³/mol. The van der Waals surface area contributed by atoms with Crippen LogP contribution in [0.4, 0.5) is 10.2 Å². The van der Waals surface area contributed by atoms with Gasteiger partial charge in [-0.25, -0.2) is 9.37 Å². The summed E-state index contributed by atoms with van der Waals surface area (Å²) < 4.78 is 13.9. The Bertz CT molecular complexity index is 727. The molecule has 18 heavy (non-hydrogen) atoms. The number of nitrogens with two attached hydrogens (primary N) is 1. The van der Waals surface area contributed by atoms with Crippen molar-refractivity contribution in [3.05, 3.63) is 48.7 Å². The lowest BCUT2D eigenvalue weighted by molar-refractivity contribution is 0.637. The molecule has 0 spiro atoms. The molecule has 0 unspecified atom stereocenters. The summed E-state index contributed by atoms with van der Waals surface area (Å²) >= 11 is 0. The first-order valence-corrected chi connectivity index (χ1v) is 5.36. The van der Waals surface area contributed by atoms with E-state index in [1.54, 1.807) is 24.5 Å². The third kappa shape index (κ3) is 1.75. The van der Waals surface area contributed by atoms with Crippen LogP contribution in [0.2, 0.25) is 0 Å². The SMILES string of the molecule is Nc1cncc(-c2cc(F)c3ncccc3c2)n1. The maximum Gasteiger partial charge on any atom is 0.150 e. The van der Waals surface area contributed by atoms with E-state index in [9.17, 15) is 4.39 Å². The van der Waals surface area contributed by atoms with Gasteiger partial charge in [0.1, 0.15) is 17.2 Å². The van der Waals surface area contributed by atoms with Crippen molar-refractivity contribution < 1.29 is 4.39 Å². The highest BCUT2D eigenvalue weighted by molar-refractivity contribution is 5.84. The van der Waals surface area contributed by atoms with Crippen LogP contribution in [0.1, 0.15) is 0 Å². The summed E-state index contributed by atoms with van der Waals surface area (Å²) in [6.07, 6.45) is 4.56. The van der Waals surface area contributed by atoms with Crippen molar-refractivity contribution in [3.63, 3.8) is 0 Å². The summed E-state index contributed by atoms with van der Waals surface area (Å²) in [4.78, 5) is 12.1. The van der Waals surface area contributed by atoms with Crippen LogP contribution in [0.3, 0.4) is 0 Å². The molecular formula is C13H9FN4. The molecule has 88 valence electrons. The molecule has 0 aliphatic rings. The molecule has 0 radical (unpaired) electrons. The molecule has 0 bridgehead atoms. The second kappa shape index (κ2) is 4.03. The van der Waals surface area contributed by atoms with E-state index >= 15 is 0 Å². The van der Waals surface area contributed by atoms with E-state index in [2.05, 4.69) is 15.0 Å². The average Bonchev–Trinajstić information content (AvgIpc) is 2.39. The second-order valence-corrected chi connectivity index (χ2v) is 3.86. The van der Waals surface area contributed by atoms with Gasteiger partial charge >= 0.3 is 0 Å². The molecule has 0 amide bonds. The predicted octanol–water partition coefficient (Wildman–Crippen LogP) is 2.41. The normalized spacial score (nSPS) is 10.7. The number of rotatable bonds is 1. The van der Waals surface area contributed by atoms with E-state index in [4.69, 9.17) is 5.73 Å². The maximum atomic E-state index is 13.9. The highest BCUT2D eigenvalue weighted by atomic mass is 19.1. The summed E-state index contributed by atoms with van der Waals surface area (Å²) in [5.41, 5.74) is 7.09. The molecule has 2 aromatic heterocycles. The Morgan fingerprint density at radius 3 is 2.89 bits per heavy atom. The lowest BCUT2D eigenvalue weighted by Gasteiger charge is -2.04. The minimum Gasteiger partial charge on any atom is -0.382 e. The van der Waals surface area contributed by atoms with E-state index in [0.717, 1.165) is 5.39 Å². The van der Waals surface area contributed by atoms with E-state index in [1.807, 2.05) is 6.07 Å². The number of nitrogen functional groups attached to an aromatic ring is 1. The molecule has 0 fully saturated rings. The molecule has 0 saturated heterocycles. The van der Waals surface area contributed by atoms with Gasteiger partial charge in [-0.15, -0.1) is 0 Å². The smallest absolute Gasteiger partial charge is 0.150 e. The minimum absolute atomic E-state index is 0.305. The van der Waals surface area contributed by atoms with Gasteiger partial charge in [0.15, 0.2) is 0 Å². The van der Waals surface area contributed by atoms with Gasteiger partial charge in [-0.2, -0.15) is 0 Å². The van der Waals surface area contributed by atoms with Crippen LogP contribution >= 0.6 is 0 Å². The number of benzene rings is 1. The summed E-state index contributed by atoms with van der Waals surface area (Å²) in [6, 6.07) is 6.76. The zero-order chi connectivity index (χ0) is 12.5. The Kier molecular flexibility index (Phi) is 2.37. The summed E-state index contributed by atoms with van der Waals surface area (Å²) in [6.45, 7) is 0. The Labute approximate surface area is 102 Å². The van der Waals surface area contributed by atoms with Crippen molar-refractivity contribution in [1.29, 1.82) is 0 Å². The van der Waals surface area contributed by atoms with Crippen LogP contribution in [-0.4, -0.2) is 15.0 Å². The van der Waals surface area contributed by atoms with Gasteiger partial charge in [0, 0.05) is 17.1 Å². The highest BCUT2D eigenvalue weighted by Gasteiger charge is 2.07. The lowest BCUT2D eigenvalue weighted by Crippen LogP contribution is -1.94. The van der Waals surface area contributed by atoms with Gasteiger partial charge in [0.25, 0.3) is 0 Å². The minimum atomic E-state index is -0.382. The van der Waals surface area contributed by atoms with Crippen molar-refractivity contribution in [2.24, 2.45) is 0 Å². The van der Waals surface area contributed by atoms with Crippen LogP contribution < -0.4 is 5.73 Å². The Morgan fingerprint density at radius 1 is 1.17 bits per heavy atom. The molecule has 4 nitrogen and oxygen atoms in total. The quantitative estimate of drug-likeness (QED) is 0.709. The number of pyridine rings is 1. The number of hydrogen-bond donors (Lipinski definition) is 1. The fourth-order valence-corrected chi connectivity index (χ4v) is 1.82.